The van der Waals surface area contributed by atoms with Gasteiger partial charge in [-0.3, -0.25) is 0 Å². The highest BCUT2D eigenvalue weighted by molar-refractivity contribution is 7.91. The van der Waals surface area contributed by atoms with Gasteiger partial charge in [0.1, 0.15) is 6.67 Å². The van der Waals surface area contributed by atoms with E-state index in [0.717, 1.165) is 17.5 Å². The van der Waals surface area contributed by atoms with Crippen LogP contribution in [0.5, 0.6) is 0 Å². The fourth-order valence-corrected chi connectivity index (χ4v) is 3.81. The molecule has 1 aromatic carbocycles. The molecule has 1 unspecified atom stereocenters. The number of hydrogen-bond donors (Lipinski definition) is 1. The van der Waals surface area contributed by atoms with Crippen molar-refractivity contribution in [3.05, 3.63) is 29.3 Å². The monoisotopic (exact) mass is 321 g/mol. The van der Waals surface area contributed by atoms with E-state index in [1.54, 1.807) is 12.1 Å². The SMILES string of the molecule is CCCCS(=O)(=O)c1ccc2c(c1)CNC(CF)C2.Cl. The molecule has 0 aromatic heterocycles. The average molecular weight is 322 g/mol. The van der Waals surface area contributed by atoms with Crippen LogP contribution >= 0.6 is 12.4 Å². The smallest absolute Gasteiger partial charge is 0.178 e. The number of hydrogen-bond acceptors (Lipinski definition) is 3. The molecular weight excluding hydrogens is 301 g/mol. The topological polar surface area (TPSA) is 46.2 Å². The molecule has 1 aliphatic rings. The van der Waals surface area contributed by atoms with Gasteiger partial charge in [0.25, 0.3) is 0 Å². The summed E-state index contributed by atoms with van der Waals surface area (Å²) >= 11 is 0. The third kappa shape index (κ3) is 3.93. The van der Waals surface area contributed by atoms with Crippen molar-refractivity contribution in [2.24, 2.45) is 0 Å². The van der Waals surface area contributed by atoms with Crippen molar-refractivity contribution in [3.8, 4) is 0 Å². The molecule has 0 amide bonds. The van der Waals surface area contributed by atoms with Crippen LogP contribution in [0.4, 0.5) is 4.39 Å². The highest BCUT2D eigenvalue weighted by Gasteiger charge is 2.21. The molecule has 2 rings (SSSR count). The lowest BCUT2D eigenvalue weighted by molar-refractivity contribution is 0.358. The van der Waals surface area contributed by atoms with Crippen LogP contribution < -0.4 is 5.32 Å². The molecule has 0 saturated heterocycles. The summed E-state index contributed by atoms with van der Waals surface area (Å²) in [6.45, 7) is 2.13. The Bertz CT molecular complexity index is 548. The maximum Gasteiger partial charge on any atom is 0.178 e. The number of sulfone groups is 1. The Balaban J connectivity index is 0.00000200. The quantitative estimate of drug-likeness (QED) is 0.907. The van der Waals surface area contributed by atoms with E-state index < -0.39 is 16.5 Å². The number of fused-ring (bicyclic) bond motifs is 1. The van der Waals surface area contributed by atoms with Crippen molar-refractivity contribution in [2.75, 3.05) is 12.4 Å². The molecule has 1 atom stereocenters. The minimum Gasteiger partial charge on any atom is -0.307 e. The molecule has 1 aromatic rings. The first kappa shape index (κ1) is 17.4. The Morgan fingerprint density at radius 1 is 1.35 bits per heavy atom. The van der Waals surface area contributed by atoms with Gasteiger partial charge in [0, 0.05) is 12.6 Å². The molecule has 6 heteroatoms. The molecule has 1 aliphatic heterocycles. The van der Waals surface area contributed by atoms with Gasteiger partial charge >= 0.3 is 0 Å². The normalized spacial score (nSPS) is 18.2. The van der Waals surface area contributed by atoms with E-state index in [-0.39, 0.29) is 24.2 Å². The van der Waals surface area contributed by atoms with E-state index in [4.69, 9.17) is 0 Å². The molecule has 0 bridgehead atoms. The molecule has 0 spiro atoms. The maximum absolute atomic E-state index is 12.6. The summed E-state index contributed by atoms with van der Waals surface area (Å²) < 4.78 is 36.9. The Morgan fingerprint density at radius 2 is 2.10 bits per heavy atom. The molecule has 1 N–H and O–H groups in total. The second-order valence-electron chi connectivity index (χ2n) is 5.04. The predicted octanol–water partition coefficient (Wildman–Crippen LogP) is 2.67. The fourth-order valence-electron chi connectivity index (χ4n) is 2.31. The van der Waals surface area contributed by atoms with Crippen molar-refractivity contribution >= 4 is 22.2 Å². The predicted molar refractivity (Wildman–Crippen MR) is 81.0 cm³/mol. The zero-order chi connectivity index (χ0) is 13.9. The van der Waals surface area contributed by atoms with Gasteiger partial charge in [0.2, 0.25) is 0 Å². The second-order valence-corrected chi connectivity index (χ2v) is 7.15. The summed E-state index contributed by atoms with van der Waals surface area (Å²) in [6.07, 6.45) is 2.17. The average Bonchev–Trinajstić information content (AvgIpc) is 2.44. The molecule has 0 aliphatic carbocycles. The maximum atomic E-state index is 12.6. The Labute approximate surface area is 126 Å². The minimum atomic E-state index is -3.18. The van der Waals surface area contributed by atoms with Gasteiger partial charge in [0.15, 0.2) is 9.84 Å². The molecule has 20 heavy (non-hydrogen) atoms. The minimum absolute atomic E-state index is 0. The van der Waals surface area contributed by atoms with Crippen LogP contribution in [0.15, 0.2) is 23.1 Å². The van der Waals surface area contributed by atoms with Gasteiger partial charge in [-0.15, -0.1) is 12.4 Å². The fraction of sp³-hybridized carbons (Fsp3) is 0.571. The van der Waals surface area contributed by atoms with Crippen LogP contribution in [0.3, 0.4) is 0 Å². The molecule has 0 fully saturated rings. The third-order valence-corrected chi connectivity index (χ3v) is 5.34. The van der Waals surface area contributed by atoms with Crippen LogP contribution in [0.2, 0.25) is 0 Å². The highest BCUT2D eigenvalue weighted by Crippen LogP contribution is 2.22. The van der Waals surface area contributed by atoms with Crippen LogP contribution in [-0.2, 0) is 22.8 Å². The van der Waals surface area contributed by atoms with E-state index in [1.165, 1.54) is 0 Å². The Kier molecular flexibility index (Phi) is 6.43. The van der Waals surface area contributed by atoms with Crippen LogP contribution in [0.1, 0.15) is 30.9 Å². The molecule has 3 nitrogen and oxygen atoms in total. The summed E-state index contributed by atoms with van der Waals surface area (Å²) in [5, 5.41) is 3.08. The summed E-state index contributed by atoms with van der Waals surface area (Å²) in [6, 6.07) is 5.08. The molecular formula is C14H21ClFNO2S. The zero-order valence-electron chi connectivity index (χ0n) is 11.6. The van der Waals surface area contributed by atoms with Crippen molar-refractivity contribution in [3.63, 3.8) is 0 Å². The standard InChI is InChI=1S/C14H20FNO2S.ClH/c1-2-3-6-19(17,18)14-5-4-11-7-13(9-15)16-10-12(11)8-14;/h4-5,8,13,16H,2-3,6-7,9-10H2,1H3;1H. The second kappa shape index (κ2) is 7.38. The number of unbranched alkanes of at least 4 members (excludes halogenated alkanes) is 1. The molecule has 114 valence electrons. The number of benzene rings is 1. The molecule has 0 saturated carbocycles. The zero-order valence-corrected chi connectivity index (χ0v) is 13.2. The van der Waals surface area contributed by atoms with Gasteiger partial charge in [0.05, 0.1) is 10.6 Å². The van der Waals surface area contributed by atoms with E-state index >= 15 is 0 Å². The van der Waals surface area contributed by atoms with Gasteiger partial charge in [-0.2, -0.15) is 0 Å². The Morgan fingerprint density at radius 3 is 2.75 bits per heavy atom. The molecule has 0 radical (unpaired) electrons. The van der Waals surface area contributed by atoms with Gasteiger partial charge < -0.3 is 5.32 Å². The van der Waals surface area contributed by atoms with Crippen LogP contribution in [0.25, 0.3) is 0 Å². The van der Waals surface area contributed by atoms with Crippen LogP contribution in [-0.4, -0.2) is 26.9 Å². The van der Waals surface area contributed by atoms with Crippen molar-refractivity contribution in [1.29, 1.82) is 0 Å². The summed E-state index contributed by atoms with van der Waals surface area (Å²) in [5.41, 5.74) is 2.03. The van der Waals surface area contributed by atoms with E-state index in [0.29, 0.717) is 24.3 Å². The number of halogens is 2. The summed E-state index contributed by atoms with van der Waals surface area (Å²) in [4.78, 5) is 0.389. The first-order valence-electron chi connectivity index (χ1n) is 6.70. The number of rotatable bonds is 5. The van der Waals surface area contributed by atoms with Crippen molar-refractivity contribution in [1.82, 2.24) is 5.32 Å². The largest absolute Gasteiger partial charge is 0.307 e. The van der Waals surface area contributed by atoms with Crippen LogP contribution in [0, 0.1) is 0 Å². The lowest BCUT2D eigenvalue weighted by atomic mass is 9.96. The lowest BCUT2D eigenvalue weighted by Gasteiger charge is -2.24. The lowest BCUT2D eigenvalue weighted by Crippen LogP contribution is -2.37. The van der Waals surface area contributed by atoms with Crippen molar-refractivity contribution < 1.29 is 12.8 Å². The molecule has 1 heterocycles. The first-order chi connectivity index (χ1) is 9.06. The van der Waals surface area contributed by atoms with E-state index in [2.05, 4.69) is 5.32 Å². The van der Waals surface area contributed by atoms with Gasteiger partial charge in [-0.25, -0.2) is 12.8 Å². The third-order valence-electron chi connectivity index (χ3n) is 3.54. The summed E-state index contributed by atoms with van der Waals surface area (Å²) in [5.74, 6) is 0.197. The number of alkyl halides is 1. The van der Waals surface area contributed by atoms with E-state index in [9.17, 15) is 12.8 Å². The van der Waals surface area contributed by atoms with Crippen molar-refractivity contribution in [2.45, 2.75) is 43.7 Å². The van der Waals surface area contributed by atoms with Gasteiger partial charge in [-0.05, 0) is 36.1 Å². The van der Waals surface area contributed by atoms with E-state index in [1.807, 2.05) is 13.0 Å². The van der Waals surface area contributed by atoms with Gasteiger partial charge in [-0.1, -0.05) is 19.4 Å². The number of nitrogens with one attached hydrogen (secondary N) is 1. The summed E-state index contributed by atoms with van der Waals surface area (Å²) in [7, 11) is -3.18. The first-order valence-corrected chi connectivity index (χ1v) is 8.36. The highest BCUT2D eigenvalue weighted by atomic mass is 35.5. The Hall–Kier alpha value is -0.650.